The number of nitrogens with one attached hydrogen (secondary N) is 2. The molecule has 0 radical (unpaired) electrons. The van der Waals surface area contributed by atoms with Crippen LogP contribution in [0.3, 0.4) is 0 Å². The molecule has 23 heavy (non-hydrogen) atoms. The van der Waals surface area contributed by atoms with Gasteiger partial charge in [0, 0.05) is 29.3 Å². The molecule has 3 rings (SSSR count). The summed E-state index contributed by atoms with van der Waals surface area (Å²) in [7, 11) is -3.56. The molecule has 2 aromatic carbocycles. The first-order valence-corrected chi connectivity index (χ1v) is 8.58. The molecule has 5 N–H and O–H groups in total. The zero-order chi connectivity index (χ0) is 16.4. The van der Waals surface area contributed by atoms with Gasteiger partial charge in [-0.2, -0.15) is 0 Å². The van der Waals surface area contributed by atoms with Crippen molar-refractivity contribution in [2.45, 2.75) is 11.3 Å². The van der Waals surface area contributed by atoms with Crippen molar-refractivity contribution in [3.63, 3.8) is 0 Å². The molecular weight excluding hydrogens is 314 g/mol. The molecule has 0 aliphatic rings. The maximum absolute atomic E-state index is 12.2. The van der Waals surface area contributed by atoms with Crippen LogP contribution in [0.15, 0.2) is 53.6 Å². The third kappa shape index (κ3) is 3.30. The number of phenols is 1. The first kappa shape index (κ1) is 15.4. The van der Waals surface area contributed by atoms with Crippen LogP contribution in [-0.2, 0) is 16.4 Å². The third-order valence-corrected chi connectivity index (χ3v) is 5.10. The van der Waals surface area contributed by atoms with Crippen molar-refractivity contribution >= 4 is 26.6 Å². The predicted molar refractivity (Wildman–Crippen MR) is 89.7 cm³/mol. The Bertz CT molecular complexity index is 931. The van der Waals surface area contributed by atoms with Gasteiger partial charge in [-0.05, 0) is 54.4 Å². The lowest BCUT2D eigenvalue weighted by Crippen LogP contribution is -2.25. The molecule has 0 amide bonds. The van der Waals surface area contributed by atoms with Crippen LogP contribution in [0.1, 0.15) is 5.56 Å². The summed E-state index contributed by atoms with van der Waals surface area (Å²) < 4.78 is 26.9. The highest BCUT2D eigenvalue weighted by Gasteiger charge is 2.13. The number of sulfonamides is 1. The van der Waals surface area contributed by atoms with Crippen molar-refractivity contribution in [1.82, 2.24) is 9.71 Å². The summed E-state index contributed by atoms with van der Waals surface area (Å²) in [4.78, 5) is 3.28. The van der Waals surface area contributed by atoms with E-state index >= 15 is 0 Å². The number of H-pyrrole nitrogens is 1. The molecule has 120 valence electrons. The van der Waals surface area contributed by atoms with Gasteiger partial charge in [0.05, 0.1) is 4.90 Å². The summed E-state index contributed by atoms with van der Waals surface area (Å²) in [6.45, 7) is 0.259. The van der Waals surface area contributed by atoms with Gasteiger partial charge in [0.2, 0.25) is 10.0 Å². The highest BCUT2D eigenvalue weighted by atomic mass is 32.2. The number of phenolic OH excluding ortho intramolecular Hbond substituents is 1. The minimum absolute atomic E-state index is 0.181. The average molecular weight is 331 g/mol. The molecule has 1 heterocycles. The Morgan fingerprint density at radius 2 is 1.87 bits per heavy atom. The van der Waals surface area contributed by atoms with E-state index in [-0.39, 0.29) is 17.2 Å². The third-order valence-electron chi connectivity index (χ3n) is 3.63. The number of nitrogen functional groups attached to an aromatic ring is 1. The second-order valence-corrected chi connectivity index (χ2v) is 7.03. The Kier molecular flexibility index (Phi) is 3.97. The van der Waals surface area contributed by atoms with Gasteiger partial charge in [-0.1, -0.05) is 0 Å². The van der Waals surface area contributed by atoms with Gasteiger partial charge in [0.15, 0.2) is 0 Å². The SMILES string of the molecule is Nc1ccc(S(=O)(=O)NCCc2c[nH]c3ccc(O)cc23)cc1. The van der Waals surface area contributed by atoms with E-state index in [1.165, 1.54) is 12.1 Å². The molecule has 0 spiro atoms. The van der Waals surface area contributed by atoms with Crippen LogP contribution in [0, 0.1) is 0 Å². The Hall–Kier alpha value is -2.51. The van der Waals surface area contributed by atoms with E-state index < -0.39 is 10.0 Å². The molecule has 0 aliphatic carbocycles. The summed E-state index contributed by atoms with van der Waals surface area (Å²) >= 11 is 0. The highest BCUT2D eigenvalue weighted by molar-refractivity contribution is 7.89. The lowest BCUT2D eigenvalue weighted by atomic mass is 10.1. The van der Waals surface area contributed by atoms with Crippen molar-refractivity contribution in [3.8, 4) is 5.75 Å². The van der Waals surface area contributed by atoms with Crippen LogP contribution in [0.2, 0.25) is 0 Å². The Balaban J connectivity index is 1.70. The summed E-state index contributed by atoms with van der Waals surface area (Å²) in [5.41, 5.74) is 7.92. The zero-order valence-corrected chi connectivity index (χ0v) is 13.1. The Morgan fingerprint density at radius 3 is 2.61 bits per heavy atom. The summed E-state index contributed by atoms with van der Waals surface area (Å²) in [5.74, 6) is 0.181. The number of rotatable bonds is 5. The quantitative estimate of drug-likeness (QED) is 0.536. The summed E-state index contributed by atoms with van der Waals surface area (Å²) in [6.07, 6.45) is 2.33. The van der Waals surface area contributed by atoms with Crippen LogP contribution >= 0.6 is 0 Å². The number of hydrogen-bond donors (Lipinski definition) is 4. The predicted octanol–water partition coefficient (Wildman–Crippen LogP) is 1.98. The molecule has 1 aromatic heterocycles. The first-order chi connectivity index (χ1) is 11.0. The Morgan fingerprint density at radius 1 is 1.13 bits per heavy atom. The number of aromatic hydroxyl groups is 1. The van der Waals surface area contributed by atoms with Crippen molar-refractivity contribution in [1.29, 1.82) is 0 Å². The molecule has 0 atom stereocenters. The molecule has 0 fully saturated rings. The number of benzene rings is 2. The molecule has 0 aliphatic heterocycles. The number of aromatic nitrogens is 1. The number of hydrogen-bond acceptors (Lipinski definition) is 4. The fourth-order valence-electron chi connectivity index (χ4n) is 2.42. The van der Waals surface area contributed by atoms with Gasteiger partial charge in [-0.15, -0.1) is 0 Å². The van der Waals surface area contributed by atoms with E-state index in [2.05, 4.69) is 9.71 Å². The van der Waals surface area contributed by atoms with Crippen LogP contribution in [0.4, 0.5) is 5.69 Å². The minimum atomic E-state index is -3.56. The van der Waals surface area contributed by atoms with Crippen molar-refractivity contribution < 1.29 is 13.5 Å². The second kappa shape index (κ2) is 5.94. The van der Waals surface area contributed by atoms with Crippen LogP contribution in [0.5, 0.6) is 5.75 Å². The van der Waals surface area contributed by atoms with E-state index in [0.29, 0.717) is 12.1 Å². The molecular formula is C16H17N3O3S. The highest BCUT2D eigenvalue weighted by Crippen LogP contribution is 2.23. The number of fused-ring (bicyclic) bond motifs is 1. The lowest BCUT2D eigenvalue weighted by molar-refractivity contribution is 0.476. The molecule has 6 nitrogen and oxygen atoms in total. The largest absolute Gasteiger partial charge is 0.508 e. The van der Waals surface area contributed by atoms with Gasteiger partial charge in [0.25, 0.3) is 0 Å². The molecule has 0 saturated heterocycles. The summed E-state index contributed by atoms with van der Waals surface area (Å²) in [5, 5.41) is 10.4. The minimum Gasteiger partial charge on any atom is -0.508 e. The van der Waals surface area contributed by atoms with Crippen molar-refractivity contribution in [3.05, 3.63) is 54.2 Å². The maximum atomic E-state index is 12.2. The fourth-order valence-corrected chi connectivity index (χ4v) is 3.46. The monoisotopic (exact) mass is 331 g/mol. The van der Waals surface area contributed by atoms with Gasteiger partial charge in [0.1, 0.15) is 5.75 Å². The zero-order valence-electron chi connectivity index (χ0n) is 12.3. The van der Waals surface area contributed by atoms with Crippen LogP contribution in [0.25, 0.3) is 10.9 Å². The first-order valence-electron chi connectivity index (χ1n) is 7.10. The molecule has 7 heteroatoms. The van der Waals surface area contributed by atoms with E-state index in [0.717, 1.165) is 16.5 Å². The number of anilines is 1. The van der Waals surface area contributed by atoms with Gasteiger partial charge in [-0.3, -0.25) is 0 Å². The maximum Gasteiger partial charge on any atom is 0.240 e. The van der Waals surface area contributed by atoms with Crippen molar-refractivity contribution in [2.75, 3.05) is 12.3 Å². The van der Waals surface area contributed by atoms with Crippen molar-refractivity contribution in [2.24, 2.45) is 0 Å². The standard InChI is InChI=1S/C16H17N3O3S/c17-12-1-4-14(5-2-12)23(21,22)19-8-7-11-10-18-16-6-3-13(20)9-15(11)16/h1-6,9-10,18-20H,7-8,17H2. The lowest BCUT2D eigenvalue weighted by Gasteiger charge is -2.07. The van der Waals surface area contributed by atoms with Crippen LogP contribution < -0.4 is 10.5 Å². The fraction of sp³-hybridized carbons (Fsp3) is 0.125. The smallest absolute Gasteiger partial charge is 0.240 e. The van der Waals surface area contributed by atoms with E-state index in [4.69, 9.17) is 5.73 Å². The average Bonchev–Trinajstić information content (AvgIpc) is 2.90. The van der Waals surface area contributed by atoms with Gasteiger partial charge in [-0.25, -0.2) is 13.1 Å². The van der Waals surface area contributed by atoms with E-state index in [9.17, 15) is 13.5 Å². The normalized spacial score (nSPS) is 11.8. The van der Waals surface area contributed by atoms with E-state index in [1.807, 2.05) is 6.20 Å². The molecule has 3 aromatic rings. The van der Waals surface area contributed by atoms with Crippen LogP contribution in [-0.4, -0.2) is 25.1 Å². The molecule has 0 unspecified atom stereocenters. The van der Waals surface area contributed by atoms with Gasteiger partial charge < -0.3 is 15.8 Å². The second-order valence-electron chi connectivity index (χ2n) is 5.26. The molecule has 0 saturated carbocycles. The topological polar surface area (TPSA) is 108 Å². The Labute approximate surface area is 134 Å². The summed E-state index contributed by atoms with van der Waals surface area (Å²) in [6, 6.07) is 11.1. The molecule has 0 bridgehead atoms. The number of aromatic amines is 1. The van der Waals surface area contributed by atoms with E-state index in [1.54, 1.807) is 30.3 Å². The number of nitrogens with two attached hydrogens (primary N) is 1. The van der Waals surface area contributed by atoms with Gasteiger partial charge >= 0.3 is 0 Å².